The van der Waals surface area contributed by atoms with Gasteiger partial charge in [-0.15, -0.1) is 0 Å². The van der Waals surface area contributed by atoms with E-state index in [4.69, 9.17) is 4.74 Å². The van der Waals surface area contributed by atoms with Gasteiger partial charge in [-0.2, -0.15) is 0 Å². The fourth-order valence-electron chi connectivity index (χ4n) is 4.23. The number of hydrogen-bond acceptors (Lipinski definition) is 4. The third-order valence-corrected chi connectivity index (χ3v) is 7.52. The maximum Gasteiger partial charge on any atom is 0.212 e. The summed E-state index contributed by atoms with van der Waals surface area (Å²) in [6.45, 7) is 7.91. The SMILES string of the molecule is CCCCOCCCNS(=O)(=O)C[C@]12CC[C@H](CC1=O)C2(C)C. The zero-order valence-corrected chi connectivity index (χ0v) is 15.5. The van der Waals surface area contributed by atoms with Gasteiger partial charge in [0.25, 0.3) is 0 Å². The van der Waals surface area contributed by atoms with E-state index < -0.39 is 15.4 Å². The summed E-state index contributed by atoms with van der Waals surface area (Å²) in [5.74, 6) is 0.433. The first-order valence-electron chi connectivity index (χ1n) is 8.83. The molecule has 1 N–H and O–H groups in total. The molecule has 0 saturated heterocycles. The molecule has 0 heterocycles. The van der Waals surface area contributed by atoms with Crippen LogP contribution < -0.4 is 4.72 Å². The van der Waals surface area contributed by atoms with Gasteiger partial charge in [0, 0.05) is 31.6 Å². The highest BCUT2D eigenvalue weighted by molar-refractivity contribution is 7.89. The van der Waals surface area contributed by atoms with Crippen molar-refractivity contribution < 1.29 is 17.9 Å². The van der Waals surface area contributed by atoms with Crippen LogP contribution in [0.1, 0.15) is 59.3 Å². The predicted octanol–water partition coefficient (Wildman–Crippen LogP) is 2.51. The van der Waals surface area contributed by atoms with E-state index in [-0.39, 0.29) is 17.0 Å². The topological polar surface area (TPSA) is 72.5 Å². The fraction of sp³-hybridized carbons (Fsp3) is 0.941. The lowest BCUT2D eigenvalue weighted by Gasteiger charge is -2.36. The van der Waals surface area contributed by atoms with E-state index in [9.17, 15) is 13.2 Å². The van der Waals surface area contributed by atoms with E-state index >= 15 is 0 Å². The Hall–Kier alpha value is -0.460. The molecule has 5 nitrogen and oxygen atoms in total. The molecule has 2 saturated carbocycles. The van der Waals surface area contributed by atoms with Gasteiger partial charge < -0.3 is 4.74 Å². The van der Waals surface area contributed by atoms with Crippen LogP contribution in [0.5, 0.6) is 0 Å². The van der Waals surface area contributed by atoms with Crippen LogP contribution in [-0.2, 0) is 19.6 Å². The van der Waals surface area contributed by atoms with Crippen LogP contribution in [0.2, 0.25) is 0 Å². The number of ether oxygens (including phenoxy) is 1. The van der Waals surface area contributed by atoms with Crippen LogP contribution in [0.15, 0.2) is 0 Å². The first kappa shape index (κ1) is 18.9. The molecule has 2 aliphatic carbocycles. The summed E-state index contributed by atoms with van der Waals surface area (Å²) >= 11 is 0. The second kappa shape index (κ2) is 7.19. The molecule has 2 fully saturated rings. The number of carbonyl (C=O) groups is 1. The molecule has 0 aromatic heterocycles. The zero-order chi connectivity index (χ0) is 17.1. The second-order valence-electron chi connectivity index (χ2n) is 7.64. The van der Waals surface area contributed by atoms with Crippen LogP contribution >= 0.6 is 0 Å². The molecular weight excluding hydrogens is 314 g/mol. The van der Waals surface area contributed by atoms with Gasteiger partial charge in [0.1, 0.15) is 5.78 Å². The van der Waals surface area contributed by atoms with Crippen LogP contribution in [0, 0.1) is 16.7 Å². The lowest BCUT2D eigenvalue weighted by atomic mass is 9.70. The van der Waals surface area contributed by atoms with Gasteiger partial charge in [-0.25, -0.2) is 13.1 Å². The molecular formula is C17H31NO4S. The maximum absolute atomic E-state index is 12.4. The van der Waals surface area contributed by atoms with Crippen molar-refractivity contribution >= 4 is 15.8 Å². The molecule has 0 aromatic carbocycles. The molecule has 6 heteroatoms. The van der Waals surface area contributed by atoms with Gasteiger partial charge in [-0.1, -0.05) is 27.2 Å². The second-order valence-corrected chi connectivity index (χ2v) is 9.45. The highest BCUT2D eigenvalue weighted by Crippen LogP contribution is 2.64. The number of Topliss-reactive ketones (excluding diaryl/α,β-unsaturated/α-hetero) is 1. The molecule has 0 aromatic rings. The van der Waals surface area contributed by atoms with E-state index in [1.165, 1.54) is 0 Å². The van der Waals surface area contributed by atoms with Crippen LogP contribution in [0.25, 0.3) is 0 Å². The average Bonchev–Trinajstić information content (AvgIpc) is 2.80. The Balaban J connectivity index is 1.83. The molecule has 2 atom stereocenters. The maximum atomic E-state index is 12.4. The van der Waals surface area contributed by atoms with Gasteiger partial charge in [-0.3, -0.25) is 4.79 Å². The molecule has 2 aliphatic rings. The van der Waals surface area contributed by atoms with Crippen molar-refractivity contribution in [1.29, 1.82) is 0 Å². The minimum atomic E-state index is -3.44. The normalized spacial score (nSPS) is 29.3. The van der Waals surface area contributed by atoms with Gasteiger partial charge in [0.05, 0.1) is 5.75 Å². The summed E-state index contributed by atoms with van der Waals surface area (Å²) in [7, 11) is -3.44. The number of hydrogen-bond donors (Lipinski definition) is 1. The van der Waals surface area contributed by atoms with Crippen molar-refractivity contribution in [3.8, 4) is 0 Å². The van der Waals surface area contributed by atoms with Crippen molar-refractivity contribution in [1.82, 2.24) is 4.72 Å². The molecule has 2 rings (SSSR count). The smallest absolute Gasteiger partial charge is 0.212 e. The quantitative estimate of drug-likeness (QED) is 0.618. The van der Waals surface area contributed by atoms with E-state index in [0.29, 0.717) is 38.3 Å². The highest BCUT2D eigenvalue weighted by Gasteiger charge is 2.65. The van der Waals surface area contributed by atoms with Gasteiger partial charge in [0.2, 0.25) is 10.0 Å². The molecule has 0 spiro atoms. The monoisotopic (exact) mass is 345 g/mol. The Morgan fingerprint density at radius 3 is 2.52 bits per heavy atom. The van der Waals surface area contributed by atoms with Gasteiger partial charge in [-0.05, 0) is 37.0 Å². The Morgan fingerprint density at radius 2 is 1.96 bits per heavy atom. The molecule has 0 radical (unpaired) electrons. The minimum Gasteiger partial charge on any atom is -0.381 e. The number of nitrogens with one attached hydrogen (secondary N) is 1. The van der Waals surface area contributed by atoms with Crippen LogP contribution in [0.4, 0.5) is 0 Å². The molecule has 0 aliphatic heterocycles. The van der Waals surface area contributed by atoms with Crippen molar-refractivity contribution in [2.45, 2.75) is 59.3 Å². The minimum absolute atomic E-state index is 0.0565. The lowest BCUT2D eigenvalue weighted by molar-refractivity contribution is -0.128. The summed E-state index contributed by atoms with van der Waals surface area (Å²) in [6.07, 6.45) is 5.03. The Morgan fingerprint density at radius 1 is 1.26 bits per heavy atom. The number of carbonyl (C=O) groups excluding carboxylic acids is 1. The van der Waals surface area contributed by atoms with E-state index in [1.807, 2.05) is 0 Å². The highest BCUT2D eigenvalue weighted by atomic mass is 32.2. The first-order chi connectivity index (χ1) is 10.8. The first-order valence-corrected chi connectivity index (χ1v) is 10.5. The van der Waals surface area contributed by atoms with Crippen molar-refractivity contribution in [2.24, 2.45) is 16.7 Å². The van der Waals surface area contributed by atoms with Crippen molar-refractivity contribution in [3.05, 3.63) is 0 Å². The molecule has 2 bridgehead atoms. The molecule has 0 amide bonds. The van der Waals surface area contributed by atoms with Crippen molar-refractivity contribution in [2.75, 3.05) is 25.5 Å². The summed E-state index contributed by atoms with van der Waals surface area (Å²) in [6, 6.07) is 0. The third kappa shape index (κ3) is 3.80. The molecule has 0 unspecified atom stereocenters. The largest absolute Gasteiger partial charge is 0.381 e. The summed E-state index contributed by atoms with van der Waals surface area (Å²) in [4.78, 5) is 12.4. The Bertz CT molecular complexity index is 529. The Kier molecular flexibility index (Phi) is 5.90. The lowest BCUT2D eigenvalue weighted by Crippen LogP contribution is -2.45. The van der Waals surface area contributed by atoms with Gasteiger partial charge in [0.15, 0.2) is 0 Å². The Labute approximate surface area is 140 Å². The predicted molar refractivity (Wildman–Crippen MR) is 90.7 cm³/mol. The molecule has 23 heavy (non-hydrogen) atoms. The van der Waals surface area contributed by atoms with E-state index in [2.05, 4.69) is 25.5 Å². The third-order valence-electron chi connectivity index (χ3n) is 6.01. The number of sulfonamides is 1. The number of rotatable bonds is 10. The summed E-state index contributed by atoms with van der Waals surface area (Å²) in [5, 5.41) is 0. The van der Waals surface area contributed by atoms with E-state index in [1.54, 1.807) is 0 Å². The van der Waals surface area contributed by atoms with Crippen LogP contribution in [-0.4, -0.2) is 39.7 Å². The standard InChI is InChI=1S/C17H31NO4S/c1-4-5-10-22-11-6-9-18-23(20,21)13-17-8-7-14(12-15(17)19)16(17,2)3/h14,18H,4-13H2,1-3H3/t14-,17-/m1/s1. The van der Waals surface area contributed by atoms with Crippen LogP contribution in [0.3, 0.4) is 0 Å². The number of unbranched alkanes of at least 4 members (excludes halogenated alkanes) is 1. The van der Waals surface area contributed by atoms with E-state index in [0.717, 1.165) is 25.9 Å². The fourth-order valence-corrected chi connectivity index (χ4v) is 6.12. The zero-order valence-electron chi connectivity index (χ0n) is 14.7. The van der Waals surface area contributed by atoms with Gasteiger partial charge >= 0.3 is 0 Å². The summed E-state index contributed by atoms with van der Waals surface area (Å²) < 4.78 is 33.0. The summed E-state index contributed by atoms with van der Waals surface area (Å²) in [5.41, 5.74) is -0.886. The number of ketones is 1. The average molecular weight is 346 g/mol. The van der Waals surface area contributed by atoms with Crippen molar-refractivity contribution in [3.63, 3.8) is 0 Å². The number of fused-ring (bicyclic) bond motifs is 2. The molecule has 134 valence electrons.